The minimum Gasteiger partial charge on any atom is -0.391 e. The highest BCUT2D eigenvalue weighted by Gasteiger charge is 2.35. The number of thiazole rings is 1. The molecule has 0 aliphatic carbocycles. The smallest absolute Gasteiger partial charge is 0.273 e. The maximum Gasteiger partial charge on any atom is 0.273 e. The predicted octanol–water partition coefficient (Wildman–Crippen LogP) is 3.49. The maximum absolute atomic E-state index is 12.7. The third-order valence-electron chi connectivity index (χ3n) is 5.06. The summed E-state index contributed by atoms with van der Waals surface area (Å²) in [4.78, 5) is 23.6. The molecule has 3 heterocycles. The van der Waals surface area contributed by atoms with Gasteiger partial charge in [0.15, 0.2) is 0 Å². The van der Waals surface area contributed by atoms with Gasteiger partial charge in [0.1, 0.15) is 5.69 Å². The van der Waals surface area contributed by atoms with Crippen molar-refractivity contribution in [2.24, 2.45) is 5.92 Å². The lowest BCUT2D eigenvalue weighted by atomic mass is 9.99. The summed E-state index contributed by atoms with van der Waals surface area (Å²) in [7, 11) is 0. The number of para-hydroxylation sites is 1. The molecular formula is C21H23N3O2S. The van der Waals surface area contributed by atoms with Crippen LogP contribution in [0.3, 0.4) is 0 Å². The average Bonchev–Trinajstić information content (AvgIpc) is 3.29. The first-order valence-corrected chi connectivity index (χ1v) is 10.2. The van der Waals surface area contributed by atoms with Crippen molar-refractivity contribution < 1.29 is 9.90 Å². The van der Waals surface area contributed by atoms with Crippen molar-refractivity contribution in [3.05, 3.63) is 58.2 Å². The van der Waals surface area contributed by atoms with Gasteiger partial charge in [-0.15, -0.1) is 11.3 Å². The van der Waals surface area contributed by atoms with E-state index in [1.54, 1.807) is 4.90 Å². The second kappa shape index (κ2) is 7.37. The number of aliphatic hydroxyl groups is 1. The van der Waals surface area contributed by atoms with E-state index in [0.717, 1.165) is 21.6 Å². The van der Waals surface area contributed by atoms with Gasteiger partial charge in [-0.2, -0.15) is 0 Å². The Morgan fingerprint density at radius 1 is 1.22 bits per heavy atom. The van der Waals surface area contributed by atoms with E-state index in [1.165, 1.54) is 11.3 Å². The van der Waals surface area contributed by atoms with Gasteiger partial charge in [-0.05, 0) is 18.6 Å². The molecule has 4 rings (SSSR count). The third kappa shape index (κ3) is 3.73. The molecule has 0 unspecified atom stereocenters. The molecule has 1 N–H and O–H groups in total. The molecular weight excluding hydrogens is 358 g/mol. The SMILES string of the molecule is CC(C)c1nc(C(=O)N2C[C@@H](Cc3ccc4ccccc4n3)[C@H](O)C2)cs1. The number of hydrogen-bond donors (Lipinski definition) is 1. The summed E-state index contributed by atoms with van der Waals surface area (Å²) in [6.07, 6.45) is 0.120. The molecule has 0 radical (unpaired) electrons. The lowest BCUT2D eigenvalue weighted by molar-refractivity contribution is 0.0759. The zero-order valence-electron chi connectivity index (χ0n) is 15.5. The van der Waals surface area contributed by atoms with Crippen molar-refractivity contribution >= 4 is 28.1 Å². The van der Waals surface area contributed by atoms with E-state index < -0.39 is 6.10 Å². The van der Waals surface area contributed by atoms with Gasteiger partial charge < -0.3 is 10.0 Å². The maximum atomic E-state index is 12.7. The van der Waals surface area contributed by atoms with Gasteiger partial charge in [0.2, 0.25) is 0 Å². The highest BCUT2D eigenvalue weighted by Crippen LogP contribution is 2.25. The molecule has 6 heteroatoms. The van der Waals surface area contributed by atoms with Crippen molar-refractivity contribution in [1.29, 1.82) is 0 Å². The number of aromatic nitrogens is 2. The number of amides is 1. The van der Waals surface area contributed by atoms with Gasteiger partial charge in [0.25, 0.3) is 5.91 Å². The number of aliphatic hydroxyl groups excluding tert-OH is 1. The minimum absolute atomic E-state index is 0.00850. The Morgan fingerprint density at radius 2 is 2.04 bits per heavy atom. The Labute approximate surface area is 162 Å². The Hall–Kier alpha value is -2.31. The van der Waals surface area contributed by atoms with Crippen molar-refractivity contribution in [2.45, 2.75) is 32.3 Å². The molecule has 0 bridgehead atoms. The second-order valence-electron chi connectivity index (χ2n) is 7.46. The lowest BCUT2D eigenvalue weighted by Crippen LogP contribution is -2.29. The number of nitrogens with zero attached hydrogens (tertiary/aromatic N) is 3. The first kappa shape index (κ1) is 18.1. The molecule has 1 amide bonds. The van der Waals surface area contributed by atoms with Gasteiger partial charge in [0, 0.05) is 41.4 Å². The molecule has 1 aliphatic rings. The molecule has 0 saturated carbocycles. The van der Waals surface area contributed by atoms with Crippen LogP contribution in [-0.4, -0.2) is 45.1 Å². The number of carbonyl (C=O) groups is 1. The summed E-state index contributed by atoms with van der Waals surface area (Å²) in [6, 6.07) is 12.1. The Morgan fingerprint density at radius 3 is 2.81 bits per heavy atom. The van der Waals surface area contributed by atoms with E-state index in [-0.39, 0.29) is 11.8 Å². The molecule has 0 spiro atoms. The number of rotatable bonds is 4. The summed E-state index contributed by atoms with van der Waals surface area (Å²) in [5, 5.41) is 14.4. The van der Waals surface area contributed by atoms with E-state index in [4.69, 9.17) is 4.98 Å². The van der Waals surface area contributed by atoms with Crippen LogP contribution in [0.15, 0.2) is 41.8 Å². The zero-order chi connectivity index (χ0) is 19.0. The van der Waals surface area contributed by atoms with E-state index in [9.17, 15) is 9.90 Å². The molecule has 1 saturated heterocycles. The lowest BCUT2D eigenvalue weighted by Gasteiger charge is -2.15. The quantitative estimate of drug-likeness (QED) is 0.751. The Bertz CT molecular complexity index is 969. The van der Waals surface area contributed by atoms with Gasteiger partial charge in [-0.3, -0.25) is 9.78 Å². The molecule has 3 aromatic rings. The number of hydrogen-bond acceptors (Lipinski definition) is 5. The van der Waals surface area contributed by atoms with Crippen molar-refractivity contribution in [3.8, 4) is 0 Å². The van der Waals surface area contributed by atoms with E-state index >= 15 is 0 Å². The van der Waals surface area contributed by atoms with Gasteiger partial charge in [-0.25, -0.2) is 4.98 Å². The number of likely N-dealkylation sites (tertiary alicyclic amines) is 1. The first-order valence-electron chi connectivity index (χ1n) is 9.28. The van der Waals surface area contributed by atoms with Crippen LogP contribution in [-0.2, 0) is 6.42 Å². The van der Waals surface area contributed by atoms with E-state index in [1.807, 2.05) is 35.7 Å². The normalized spacial score (nSPS) is 19.9. The molecule has 1 aliphatic heterocycles. The fraction of sp³-hybridized carbons (Fsp3) is 0.381. The van der Waals surface area contributed by atoms with Gasteiger partial charge in [-0.1, -0.05) is 38.1 Å². The second-order valence-corrected chi connectivity index (χ2v) is 8.35. The number of benzene rings is 1. The van der Waals surface area contributed by atoms with Crippen LogP contribution in [0, 0.1) is 5.92 Å². The summed E-state index contributed by atoms with van der Waals surface area (Å²) in [5.41, 5.74) is 2.39. The van der Waals surface area contributed by atoms with Crippen molar-refractivity contribution in [3.63, 3.8) is 0 Å². The van der Waals surface area contributed by atoms with Crippen LogP contribution in [0.25, 0.3) is 10.9 Å². The molecule has 2 aromatic heterocycles. The fourth-order valence-corrected chi connectivity index (χ4v) is 4.33. The van der Waals surface area contributed by atoms with Crippen LogP contribution < -0.4 is 0 Å². The highest BCUT2D eigenvalue weighted by molar-refractivity contribution is 7.09. The molecule has 5 nitrogen and oxygen atoms in total. The summed E-state index contributed by atoms with van der Waals surface area (Å²) < 4.78 is 0. The number of carbonyl (C=O) groups excluding carboxylic acids is 1. The summed E-state index contributed by atoms with van der Waals surface area (Å²) >= 11 is 1.52. The fourth-order valence-electron chi connectivity index (χ4n) is 3.52. The van der Waals surface area contributed by atoms with E-state index in [0.29, 0.717) is 31.1 Å². The van der Waals surface area contributed by atoms with Crippen molar-refractivity contribution in [2.75, 3.05) is 13.1 Å². The number of fused-ring (bicyclic) bond motifs is 1. The monoisotopic (exact) mass is 381 g/mol. The van der Waals surface area contributed by atoms with Crippen LogP contribution in [0.2, 0.25) is 0 Å². The van der Waals surface area contributed by atoms with Gasteiger partial charge >= 0.3 is 0 Å². The third-order valence-corrected chi connectivity index (χ3v) is 6.20. The molecule has 2 atom stereocenters. The van der Waals surface area contributed by atoms with Crippen molar-refractivity contribution in [1.82, 2.24) is 14.9 Å². The first-order chi connectivity index (χ1) is 13.0. The minimum atomic E-state index is -0.537. The summed E-state index contributed by atoms with van der Waals surface area (Å²) in [6.45, 7) is 5.02. The molecule has 27 heavy (non-hydrogen) atoms. The van der Waals surface area contributed by atoms with Crippen LogP contribution in [0.1, 0.15) is 41.0 Å². The topological polar surface area (TPSA) is 66.3 Å². The Kier molecular flexibility index (Phi) is 4.93. The van der Waals surface area contributed by atoms with Crippen LogP contribution in [0.4, 0.5) is 0 Å². The molecule has 140 valence electrons. The zero-order valence-corrected chi connectivity index (χ0v) is 16.3. The largest absolute Gasteiger partial charge is 0.391 e. The predicted molar refractivity (Wildman–Crippen MR) is 107 cm³/mol. The number of β-amino-alcohol motifs (C(OH)–C–C–N with tert-alkyl or cyclic N) is 1. The summed E-state index contributed by atoms with van der Waals surface area (Å²) in [5.74, 6) is 0.212. The van der Waals surface area contributed by atoms with E-state index in [2.05, 4.69) is 24.9 Å². The standard InChI is InChI=1S/C21H23N3O2S/c1-13(2)20-23-18(12-27-20)21(26)24-10-15(19(25)11-24)9-16-8-7-14-5-3-4-6-17(14)22-16/h3-8,12-13,15,19,25H,9-11H2,1-2H3/t15-,19-/m1/s1. The molecule has 1 fully saturated rings. The average molecular weight is 382 g/mol. The van der Waals surface area contributed by atoms with Crippen LogP contribution >= 0.6 is 11.3 Å². The van der Waals surface area contributed by atoms with Crippen LogP contribution in [0.5, 0.6) is 0 Å². The van der Waals surface area contributed by atoms with Gasteiger partial charge in [0.05, 0.1) is 16.6 Å². The Balaban J connectivity index is 1.46. The molecule has 1 aromatic carbocycles. The highest BCUT2D eigenvalue weighted by atomic mass is 32.1. The number of pyridine rings is 1.